The van der Waals surface area contributed by atoms with Crippen LogP contribution in [0.3, 0.4) is 0 Å². The molecule has 0 spiro atoms. The van der Waals surface area contributed by atoms with Crippen molar-refractivity contribution in [3.8, 4) is 5.75 Å². The summed E-state index contributed by atoms with van der Waals surface area (Å²) in [5, 5.41) is 21.2. The number of unbranched alkanes of at least 4 members (excludes halogenated alkanes) is 1. The van der Waals surface area contributed by atoms with Gasteiger partial charge in [-0.15, -0.1) is 0 Å². The number of nitrogens with zero attached hydrogens (tertiary/aromatic N) is 1. The normalized spacial score (nSPS) is 32.1. The molecule has 1 amide bonds. The third-order valence-electron chi connectivity index (χ3n) is 12.1. The average molecular weight is 590 g/mol. The number of aromatic hydroxyl groups is 1. The van der Waals surface area contributed by atoms with Crippen LogP contribution in [0.1, 0.15) is 113 Å². The fraction of sp³-hybridized carbons (Fsp3) is 0.658. The smallest absolute Gasteiger partial charge is 0.222 e. The highest BCUT2D eigenvalue weighted by atomic mass is 19.1. The van der Waals surface area contributed by atoms with Crippen LogP contribution in [0, 0.1) is 29.1 Å². The van der Waals surface area contributed by atoms with Gasteiger partial charge in [-0.05, 0) is 103 Å². The molecule has 2 aromatic rings. The number of aliphatic hydroxyl groups excluding tert-OH is 1. The third kappa shape index (κ3) is 6.53. The molecule has 4 aliphatic carbocycles. The molecule has 0 aromatic heterocycles. The second-order valence-electron chi connectivity index (χ2n) is 14.7. The van der Waals surface area contributed by atoms with Gasteiger partial charge in [0.1, 0.15) is 11.9 Å². The Morgan fingerprint density at radius 3 is 2.58 bits per heavy atom. The summed E-state index contributed by atoms with van der Waals surface area (Å²) in [4.78, 5) is 15.6. The zero-order valence-corrected chi connectivity index (χ0v) is 26.1. The molecule has 0 aliphatic heterocycles. The highest BCUT2D eigenvalue weighted by Crippen LogP contribution is 2.63. The molecule has 2 N–H and O–H groups in total. The van der Waals surface area contributed by atoms with Crippen molar-refractivity contribution in [3.63, 3.8) is 0 Å². The van der Waals surface area contributed by atoms with E-state index in [0.29, 0.717) is 37.1 Å². The summed E-state index contributed by atoms with van der Waals surface area (Å²) in [5.41, 5.74) is 2.99. The molecule has 0 bridgehead atoms. The Balaban J connectivity index is 1.13. The highest BCUT2D eigenvalue weighted by molar-refractivity contribution is 5.76. The van der Waals surface area contributed by atoms with Crippen molar-refractivity contribution >= 4 is 5.91 Å². The fourth-order valence-electron chi connectivity index (χ4n) is 9.80. The number of hydrogen-bond acceptors (Lipinski definition) is 3. The molecule has 2 aromatic carbocycles. The molecule has 4 aliphatic rings. The molecule has 6 unspecified atom stereocenters. The van der Waals surface area contributed by atoms with Gasteiger partial charge in [0, 0.05) is 25.4 Å². The number of carbonyl (C=O) groups is 1. The van der Waals surface area contributed by atoms with Gasteiger partial charge in [-0.1, -0.05) is 81.8 Å². The molecule has 3 saturated carbocycles. The Bertz CT molecular complexity index is 1230. The van der Waals surface area contributed by atoms with Crippen molar-refractivity contribution in [3.05, 3.63) is 65.2 Å². The predicted molar refractivity (Wildman–Crippen MR) is 169 cm³/mol. The van der Waals surface area contributed by atoms with E-state index >= 15 is 4.39 Å². The Morgan fingerprint density at radius 1 is 1.00 bits per heavy atom. The van der Waals surface area contributed by atoms with E-state index in [2.05, 4.69) is 24.0 Å². The molecule has 0 heterocycles. The SMILES string of the molecule is C[C@]12CC(F)C3c4ccc(O)cc4CC(CCCCN(Cc4ccccc4)C(=O)CCC4CCCCC4)C3C1CCC2O. The van der Waals surface area contributed by atoms with Gasteiger partial charge in [-0.3, -0.25) is 4.79 Å². The molecule has 5 heteroatoms. The van der Waals surface area contributed by atoms with Gasteiger partial charge in [0.05, 0.1) is 6.10 Å². The number of carbonyl (C=O) groups excluding carboxylic acids is 1. The maximum atomic E-state index is 16.1. The first-order valence-corrected chi connectivity index (χ1v) is 17.3. The van der Waals surface area contributed by atoms with Crippen molar-refractivity contribution in [2.24, 2.45) is 29.1 Å². The van der Waals surface area contributed by atoms with Crippen molar-refractivity contribution in [2.45, 2.75) is 122 Å². The second-order valence-corrected chi connectivity index (χ2v) is 14.7. The first-order valence-electron chi connectivity index (χ1n) is 17.3. The van der Waals surface area contributed by atoms with Crippen molar-refractivity contribution in [1.82, 2.24) is 4.90 Å². The van der Waals surface area contributed by atoms with Gasteiger partial charge in [0.2, 0.25) is 5.91 Å². The molecule has 43 heavy (non-hydrogen) atoms. The Kier molecular flexibility index (Phi) is 9.47. The van der Waals surface area contributed by atoms with Crippen LogP contribution in [-0.4, -0.2) is 39.8 Å². The summed E-state index contributed by atoms with van der Waals surface area (Å²) in [7, 11) is 0. The van der Waals surface area contributed by atoms with Crippen molar-refractivity contribution in [2.75, 3.05) is 6.54 Å². The van der Waals surface area contributed by atoms with Gasteiger partial charge < -0.3 is 15.1 Å². The zero-order valence-electron chi connectivity index (χ0n) is 26.1. The highest BCUT2D eigenvalue weighted by Gasteiger charge is 2.59. The zero-order chi connectivity index (χ0) is 30.0. The minimum atomic E-state index is -0.978. The van der Waals surface area contributed by atoms with Crippen LogP contribution >= 0.6 is 0 Å². The number of rotatable bonds is 10. The lowest BCUT2D eigenvalue weighted by Crippen LogP contribution is -2.51. The van der Waals surface area contributed by atoms with Gasteiger partial charge in [-0.25, -0.2) is 4.39 Å². The molecular weight excluding hydrogens is 537 g/mol. The largest absolute Gasteiger partial charge is 0.508 e. The summed E-state index contributed by atoms with van der Waals surface area (Å²) in [6, 6.07) is 15.9. The van der Waals surface area contributed by atoms with Crippen molar-refractivity contribution in [1.29, 1.82) is 0 Å². The van der Waals surface area contributed by atoms with Crippen LogP contribution in [0.15, 0.2) is 48.5 Å². The van der Waals surface area contributed by atoms with Crippen LogP contribution in [0.2, 0.25) is 0 Å². The van der Waals surface area contributed by atoms with E-state index in [9.17, 15) is 15.0 Å². The number of aliphatic hydroxyl groups is 1. The summed E-state index contributed by atoms with van der Waals surface area (Å²) in [5.74, 6) is 1.92. The van der Waals surface area contributed by atoms with E-state index < -0.39 is 12.3 Å². The number of benzene rings is 2. The van der Waals surface area contributed by atoms with E-state index in [1.165, 1.54) is 37.7 Å². The Hall–Kier alpha value is -2.40. The van der Waals surface area contributed by atoms with E-state index in [4.69, 9.17) is 0 Å². The van der Waals surface area contributed by atoms with Crippen LogP contribution < -0.4 is 0 Å². The molecule has 7 atom stereocenters. The van der Waals surface area contributed by atoms with Crippen LogP contribution in [0.5, 0.6) is 5.75 Å². The molecule has 6 rings (SSSR count). The quantitative estimate of drug-likeness (QED) is 0.274. The lowest BCUT2D eigenvalue weighted by atomic mass is 9.51. The lowest BCUT2D eigenvalue weighted by Gasteiger charge is -2.54. The van der Waals surface area contributed by atoms with Gasteiger partial charge >= 0.3 is 0 Å². The minimum absolute atomic E-state index is 0.159. The summed E-state index contributed by atoms with van der Waals surface area (Å²) >= 11 is 0. The molecule has 0 saturated heterocycles. The van der Waals surface area contributed by atoms with Crippen molar-refractivity contribution < 1.29 is 19.4 Å². The maximum absolute atomic E-state index is 16.1. The van der Waals surface area contributed by atoms with Gasteiger partial charge in [0.25, 0.3) is 0 Å². The summed E-state index contributed by atoms with van der Waals surface area (Å²) in [6.45, 7) is 3.54. The molecule has 3 fully saturated rings. The number of fused-ring (bicyclic) bond motifs is 5. The van der Waals surface area contributed by atoms with E-state index in [-0.39, 0.29) is 28.9 Å². The van der Waals surface area contributed by atoms with E-state index in [1.54, 1.807) is 6.07 Å². The number of phenols is 1. The average Bonchev–Trinajstić information content (AvgIpc) is 3.31. The first kappa shape index (κ1) is 30.6. The van der Waals surface area contributed by atoms with Crippen LogP contribution in [0.4, 0.5) is 4.39 Å². The topological polar surface area (TPSA) is 60.8 Å². The monoisotopic (exact) mass is 589 g/mol. The van der Waals surface area contributed by atoms with Crippen LogP contribution in [0.25, 0.3) is 0 Å². The minimum Gasteiger partial charge on any atom is -0.508 e. The molecular formula is C38H52FNO3. The Labute approximate surface area is 258 Å². The summed E-state index contributed by atoms with van der Waals surface area (Å²) < 4.78 is 16.1. The number of phenolic OH excluding ortho intramolecular Hbond substituents is 1. The lowest BCUT2D eigenvalue weighted by molar-refractivity contribution is -0.132. The molecule has 0 radical (unpaired) electrons. The maximum Gasteiger partial charge on any atom is 0.222 e. The Morgan fingerprint density at radius 2 is 1.79 bits per heavy atom. The van der Waals surface area contributed by atoms with Gasteiger partial charge in [0.15, 0.2) is 0 Å². The summed E-state index contributed by atoms with van der Waals surface area (Å²) in [6.07, 6.45) is 12.7. The molecule has 234 valence electrons. The third-order valence-corrected chi connectivity index (χ3v) is 12.1. The number of amides is 1. The standard InChI is InChI=1S/C38H52FNO3/c1-38-24-33(39)37-31-17-16-30(41)23-29(31)22-28(36(37)32(38)18-19-34(38)42)14-8-9-21-40(25-27-12-6-3-7-13-27)35(43)20-15-26-10-4-2-5-11-26/h3,6-7,12-13,16-17,23,26,28,32-34,36-37,41-42H,2,4-5,8-11,14-15,18-22,24-25H2,1H3/t28?,32?,33?,34?,36?,37?,38-/m0/s1. The fourth-order valence-corrected chi connectivity index (χ4v) is 9.80. The van der Waals surface area contributed by atoms with E-state index in [0.717, 1.165) is 62.6 Å². The number of hydrogen-bond donors (Lipinski definition) is 2. The second kappa shape index (κ2) is 13.3. The predicted octanol–water partition coefficient (Wildman–Crippen LogP) is 8.34. The van der Waals surface area contributed by atoms with Crippen LogP contribution in [-0.2, 0) is 17.8 Å². The first-order chi connectivity index (χ1) is 20.8. The number of alkyl halides is 1. The van der Waals surface area contributed by atoms with E-state index in [1.807, 2.05) is 30.3 Å². The molecule has 4 nitrogen and oxygen atoms in total. The number of halogens is 1. The van der Waals surface area contributed by atoms with Gasteiger partial charge in [-0.2, -0.15) is 0 Å².